The van der Waals surface area contributed by atoms with Gasteiger partial charge in [-0.2, -0.15) is 18.3 Å². The van der Waals surface area contributed by atoms with E-state index in [0.717, 1.165) is 62.6 Å². The molecule has 1 aromatic carbocycles. The van der Waals surface area contributed by atoms with Gasteiger partial charge in [-0.15, -0.1) is 0 Å². The van der Waals surface area contributed by atoms with Crippen molar-refractivity contribution in [1.82, 2.24) is 5.43 Å². The van der Waals surface area contributed by atoms with E-state index in [1.807, 2.05) is 0 Å². The van der Waals surface area contributed by atoms with E-state index in [-0.39, 0.29) is 5.69 Å². The number of benzene rings is 1. The van der Waals surface area contributed by atoms with E-state index in [4.69, 9.17) is 0 Å². The number of nitrogens with zero attached hydrogens (tertiary/aromatic N) is 2. The van der Waals surface area contributed by atoms with Gasteiger partial charge >= 0.3 is 6.18 Å². The Kier molecular flexibility index (Phi) is 7.45. The minimum Gasteiger partial charge on any atom is -0.271 e. The third-order valence-electron chi connectivity index (χ3n) is 4.42. The fraction of sp³-hybridized carbons (Fsp3) is 0.556. The molecule has 6 nitrogen and oxygen atoms in total. The van der Waals surface area contributed by atoms with Crippen LogP contribution in [0.1, 0.15) is 50.5 Å². The van der Waals surface area contributed by atoms with E-state index in [0.29, 0.717) is 10.4 Å². The lowest BCUT2D eigenvalue weighted by Gasteiger charge is -2.22. The maximum absolute atomic E-state index is 12.9. The predicted molar refractivity (Wildman–Crippen MR) is 102 cm³/mol. The van der Waals surface area contributed by atoms with Gasteiger partial charge in [0.1, 0.15) is 6.54 Å². The molecule has 1 aliphatic rings. The van der Waals surface area contributed by atoms with Gasteiger partial charge in [0.15, 0.2) is 0 Å². The molecule has 0 atom stereocenters. The van der Waals surface area contributed by atoms with E-state index in [1.165, 1.54) is 12.5 Å². The number of hydrazone groups is 1. The highest BCUT2D eigenvalue weighted by atomic mass is 32.2. The summed E-state index contributed by atoms with van der Waals surface area (Å²) in [6.07, 6.45) is 3.09. The monoisotopic (exact) mass is 419 g/mol. The van der Waals surface area contributed by atoms with Crippen molar-refractivity contribution in [3.63, 3.8) is 0 Å². The Morgan fingerprint density at radius 1 is 1.14 bits per heavy atom. The average Bonchev–Trinajstić information content (AvgIpc) is 2.57. The summed E-state index contributed by atoms with van der Waals surface area (Å²) >= 11 is 0. The lowest BCUT2D eigenvalue weighted by molar-refractivity contribution is -0.137. The SMILES string of the molecule is CS(=O)(=O)N(CC(=O)NN=C1CCCCCCC1)c1cccc(C(F)(F)F)c1. The summed E-state index contributed by atoms with van der Waals surface area (Å²) in [5.74, 6) is -0.711. The van der Waals surface area contributed by atoms with Crippen LogP contribution in [0.3, 0.4) is 0 Å². The van der Waals surface area contributed by atoms with Crippen LogP contribution in [0.15, 0.2) is 29.4 Å². The fourth-order valence-electron chi connectivity index (χ4n) is 2.97. The van der Waals surface area contributed by atoms with Gasteiger partial charge in [-0.1, -0.05) is 25.3 Å². The number of carbonyl (C=O) groups is 1. The Morgan fingerprint density at radius 3 is 2.32 bits per heavy atom. The number of alkyl halides is 3. The average molecular weight is 419 g/mol. The summed E-state index contributed by atoms with van der Waals surface area (Å²) in [6, 6.07) is 3.85. The van der Waals surface area contributed by atoms with E-state index >= 15 is 0 Å². The second-order valence-electron chi connectivity index (χ2n) is 6.80. The van der Waals surface area contributed by atoms with Gasteiger partial charge in [0.25, 0.3) is 5.91 Å². The molecule has 0 aromatic heterocycles. The molecule has 1 aliphatic carbocycles. The Labute approximate surface area is 162 Å². The highest BCUT2D eigenvalue weighted by molar-refractivity contribution is 7.92. The summed E-state index contributed by atoms with van der Waals surface area (Å²) in [5.41, 5.74) is 1.96. The molecular formula is C18H24F3N3O3S. The number of carbonyl (C=O) groups excluding carboxylic acids is 1. The molecule has 28 heavy (non-hydrogen) atoms. The Hall–Kier alpha value is -2.10. The minimum atomic E-state index is -4.62. The van der Waals surface area contributed by atoms with Gasteiger partial charge in [-0.25, -0.2) is 13.8 Å². The van der Waals surface area contributed by atoms with Crippen LogP contribution in [-0.2, 0) is 21.0 Å². The Morgan fingerprint density at radius 2 is 1.75 bits per heavy atom. The molecule has 0 bridgehead atoms. The number of nitrogens with one attached hydrogen (secondary N) is 1. The third kappa shape index (κ3) is 6.81. The maximum atomic E-state index is 12.9. The summed E-state index contributed by atoms with van der Waals surface area (Å²) in [4.78, 5) is 12.2. The van der Waals surface area contributed by atoms with Crippen molar-refractivity contribution in [1.29, 1.82) is 0 Å². The number of hydrogen-bond acceptors (Lipinski definition) is 4. The predicted octanol–water partition coefficient (Wildman–Crippen LogP) is 3.69. The molecule has 0 spiro atoms. The van der Waals surface area contributed by atoms with Crippen molar-refractivity contribution < 1.29 is 26.4 Å². The van der Waals surface area contributed by atoms with Crippen LogP contribution in [0.4, 0.5) is 18.9 Å². The largest absolute Gasteiger partial charge is 0.416 e. The summed E-state index contributed by atoms with van der Waals surface area (Å²) in [7, 11) is -3.97. The van der Waals surface area contributed by atoms with E-state index < -0.39 is 34.2 Å². The van der Waals surface area contributed by atoms with Gasteiger partial charge < -0.3 is 0 Å². The van der Waals surface area contributed by atoms with Gasteiger partial charge in [0.05, 0.1) is 17.5 Å². The Balaban J connectivity index is 2.13. The first-order chi connectivity index (χ1) is 13.1. The highest BCUT2D eigenvalue weighted by Gasteiger charge is 2.32. The number of sulfonamides is 1. The molecule has 156 valence electrons. The number of anilines is 1. The fourth-order valence-corrected chi connectivity index (χ4v) is 3.82. The molecule has 1 saturated carbocycles. The van der Waals surface area contributed by atoms with Gasteiger partial charge in [-0.05, 0) is 43.9 Å². The molecule has 0 saturated heterocycles. The van der Waals surface area contributed by atoms with Crippen LogP contribution in [0.5, 0.6) is 0 Å². The minimum absolute atomic E-state index is 0.230. The maximum Gasteiger partial charge on any atom is 0.416 e. The smallest absolute Gasteiger partial charge is 0.271 e. The molecule has 2 rings (SSSR count). The molecule has 0 radical (unpaired) electrons. The van der Waals surface area contributed by atoms with Gasteiger partial charge in [0.2, 0.25) is 10.0 Å². The number of halogens is 3. The van der Waals surface area contributed by atoms with Crippen molar-refractivity contribution in [2.24, 2.45) is 5.10 Å². The lowest BCUT2D eigenvalue weighted by atomic mass is 9.99. The number of hydrogen-bond donors (Lipinski definition) is 1. The zero-order valence-electron chi connectivity index (χ0n) is 15.6. The van der Waals surface area contributed by atoms with Crippen molar-refractivity contribution in [3.05, 3.63) is 29.8 Å². The zero-order valence-corrected chi connectivity index (χ0v) is 16.4. The molecule has 1 N–H and O–H groups in total. The van der Waals surface area contributed by atoms with E-state index in [2.05, 4.69) is 10.5 Å². The van der Waals surface area contributed by atoms with Crippen LogP contribution in [0.25, 0.3) is 0 Å². The quantitative estimate of drug-likeness (QED) is 0.740. The molecule has 0 heterocycles. The van der Waals surface area contributed by atoms with Crippen molar-refractivity contribution in [2.45, 2.75) is 51.1 Å². The zero-order chi connectivity index (χ0) is 20.8. The summed E-state index contributed by atoms with van der Waals surface area (Å²) in [6.45, 7) is -0.656. The first-order valence-electron chi connectivity index (χ1n) is 9.06. The molecule has 0 unspecified atom stereocenters. The van der Waals surface area contributed by atoms with E-state index in [1.54, 1.807) is 0 Å². The molecule has 1 amide bonds. The highest BCUT2D eigenvalue weighted by Crippen LogP contribution is 2.32. The van der Waals surface area contributed by atoms with Crippen LogP contribution >= 0.6 is 0 Å². The summed E-state index contributed by atoms with van der Waals surface area (Å²) < 4.78 is 63.5. The molecule has 0 aliphatic heterocycles. The Bertz CT molecular complexity index is 813. The van der Waals surface area contributed by atoms with Crippen molar-refractivity contribution in [2.75, 3.05) is 17.1 Å². The first-order valence-corrected chi connectivity index (χ1v) is 10.9. The standard InChI is InChI=1S/C18H24F3N3O3S/c1-28(26,27)24(16-11-7-8-14(12-16)18(19,20)21)13-17(25)23-22-15-9-5-3-2-4-6-10-15/h7-8,11-12H,2-6,9-10,13H2,1H3,(H,23,25). The van der Waals surface area contributed by atoms with Crippen molar-refractivity contribution >= 4 is 27.3 Å². The molecule has 1 aromatic rings. The molecular weight excluding hydrogens is 395 g/mol. The normalized spacial score (nSPS) is 16.1. The number of rotatable bonds is 5. The van der Waals surface area contributed by atoms with E-state index in [9.17, 15) is 26.4 Å². The van der Waals surface area contributed by atoms with Crippen LogP contribution < -0.4 is 9.73 Å². The third-order valence-corrected chi connectivity index (χ3v) is 5.56. The second kappa shape index (κ2) is 9.40. The molecule has 10 heteroatoms. The topological polar surface area (TPSA) is 78.8 Å². The van der Waals surface area contributed by atoms with Gasteiger partial charge in [0, 0.05) is 5.71 Å². The summed E-state index contributed by atoms with van der Waals surface area (Å²) in [5, 5.41) is 4.09. The molecule has 1 fully saturated rings. The van der Waals surface area contributed by atoms with Crippen molar-refractivity contribution in [3.8, 4) is 0 Å². The lowest BCUT2D eigenvalue weighted by Crippen LogP contribution is -2.39. The van der Waals surface area contributed by atoms with Crippen LogP contribution in [0.2, 0.25) is 0 Å². The van der Waals surface area contributed by atoms with Crippen LogP contribution in [0, 0.1) is 0 Å². The van der Waals surface area contributed by atoms with Gasteiger partial charge in [-0.3, -0.25) is 9.10 Å². The number of amides is 1. The first kappa shape index (κ1) is 22.2. The van der Waals surface area contributed by atoms with Crippen LogP contribution in [-0.4, -0.2) is 32.8 Å². The second-order valence-corrected chi connectivity index (χ2v) is 8.71.